The zero-order valence-corrected chi connectivity index (χ0v) is 11.5. The average Bonchev–Trinajstić information content (AvgIpc) is 2.43. The van der Waals surface area contributed by atoms with E-state index in [1.165, 1.54) is 29.3 Å². The summed E-state index contributed by atoms with van der Waals surface area (Å²) >= 11 is 0. The molecule has 2 aromatic rings. The largest absolute Gasteiger partial charge is 0.326 e. The Labute approximate surface area is 115 Å². The van der Waals surface area contributed by atoms with E-state index in [9.17, 15) is 0 Å². The van der Waals surface area contributed by atoms with Crippen molar-refractivity contribution in [3.63, 3.8) is 0 Å². The van der Waals surface area contributed by atoms with Gasteiger partial charge in [0.1, 0.15) is 0 Å². The Balaban J connectivity index is 1.74. The van der Waals surface area contributed by atoms with Gasteiger partial charge in [-0.15, -0.1) is 0 Å². The second-order valence-electron chi connectivity index (χ2n) is 5.85. The van der Waals surface area contributed by atoms with Gasteiger partial charge < -0.3 is 5.73 Å². The molecule has 2 aromatic carbocycles. The fourth-order valence-corrected chi connectivity index (χ4v) is 2.91. The van der Waals surface area contributed by atoms with E-state index in [0.29, 0.717) is 12.0 Å². The number of nitrogens with two attached hydrogens (primary N) is 1. The van der Waals surface area contributed by atoms with Crippen molar-refractivity contribution in [2.45, 2.75) is 25.9 Å². The zero-order valence-electron chi connectivity index (χ0n) is 11.5. The first-order valence-corrected chi connectivity index (χ1v) is 7.18. The maximum atomic E-state index is 6.17. The number of likely N-dealkylation sites (tertiary alicyclic amines) is 1. The van der Waals surface area contributed by atoms with Gasteiger partial charge in [0, 0.05) is 19.1 Å². The molecule has 2 N–H and O–H groups in total. The molecular weight excluding hydrogens is 232 g/mol. The van der Waals surface area contributed by atoms with Crippen LogP contribution in [0.15, 0.2) is 42.5 Å². The Bertz CT molecular complexity index is 564. The first kappa shape index (κ1) is 12.6. The summed E-state index contributed by atoms with van der Waals surface area (Å²) in [7, 11) is 0. The van der Waals surface area contributed by atoms with Gasteiger partial charge in [-0.25, -0.2) is 0 Å². The van der Waals surface area contributed by atoms with Crippen LogP contribution in [0.25, 0.3) is 10.8 Å². The molecule has 2 atom stereocenters. The van der Waals surface area contributed by atoms with E-state index in [4.69, 9.17) is 5.73 Å². The van der Waals surface area contributed by atoms with Gasteiger partial charge in [-0.2, -0.15) is 0 Å². The number of fused-ring (bicyclic) bond motifs is 1. The number of nitrogens with zero attached hydrogens (tertiary/aromatic N) is 1. The molecule has 3 rings (SSSR count). The number of hydrogen-bond acceptors (Lipinski definition) is 2. The Kier molecular flexibility index (Phi) is 3.54. The van der Waals surface area contributed by atoms with E-state index in [1.807, 2.05) is 0 Å². The van der Waals surface area contributed by atoms with E-state index >= 15 is 0 Å². The van der Waals surface area contributed by atoms with Crippen LogP contribution in [0.3, 0.4) is 0 Å². The van der Waals surface area contributed by atoms with Crippen LogP contribution in [0, 0.1) is 5.92 Å². The number of benzene rings is 2. The summed E-state index contributed by atoms with van der Waals surface area (Å²) < 4.78 is 0. The van der Waals surface area contributed by atoms with Crippen LogP contribution in [-0.4, -0.2) is 24.0 Å². The van der Waals surface area contributed by atoms with Crippen LogP contribution in [0.1, 0.15) is 18.9 Å². The standard InChI is InChI=1S/C17H22N2/c1-13-8-9-19(12-17(13)18)11-14-6-7-15-4-2-3-5-16(15)10-14/h2-7,10,13,17H,8-9,11-12,18H2,1H3. The van der Waals surface area contributed by atoms with Gasteiger partial charge in [0.2, 0.25) is 0 Å². The Hall–Kier alpha value is -1.38. The average molecular weight is 254 g/mol. The highest BCUT2D eigenvalue weighted by molar-refractivity contribution is 5.82. The van der Waals surface area contributed by atoms with Crippen LogP contribution >= 0.6 is 0 Å². The molecule has 2 nitrogen and oxygen atoms in total. The number of hydrogen-bond donors (Lipinski definition) is 1. The van der Waals surface area contributed by atoms with Crippen LogP contribution in [0.2, 0.25) is 0 Å². The van der Waals surface area contributed by atoms with Gasteiger partial charge in [0.05, 0.1) is 0 Å². The third kappa shape index (κ3) is 2.80. The topological polar surface area (TPSA) is 29.3 Å². The van der Waals surface area contributed by atoms with Gasteiger partial charge in [-0.1, -0.05) is 43.3 Å². The van der Waals surface area contributed by atoms with E-state index in [-0.39, 0.29) is 0 Å². The SMILES string of the molecule is CC1CCN(Cc2ccc3ccccc3c2)CC1N. The predicted octanol–water partition coefficient (Wildman–Crippen LogP) is 3.01. The molecule has 0 amide bonds. The summed E-state index contributed by atoms with van der Waals surface area (Å²) in [4.78, 5) is 2.48. The van der Waals surface area contributed by atoms with E-state index in [2.05, 4.69) is 54.3 Å². The van der Waals surface area contributed by atoms with Crippen LogP contribution in [0.5, 0.6) is 0 Å². The summed E-state index contributed by atoms with van der Waals surface area (Å²) in [5, 5.41) is 2.64. The fourth-order valence-electron chi connectivity index (χ4n) is 2.91. The zero-order chi connectivity index (χ0) is 13.2. The van der Waals surface area contributed by atoms with E-state index in [1.54, 1.807) is 0 Å². The second kappa shape index (κ2) is 5.32. The maximum Gasteiger partial charge on any atom is 0.0234 e. The molecule has 1 aliphatic heterocycles. The van der Waals surface area contributed by atoms with Crippen molar-refractivity contribution in [2.75, 3.05) is 13.1 Å². The van der Waals surface area contributed by atoms with Crippen LogP contribution in [-0.2, 0) is 6.54 Å². The third-order valence-electron chi connectivity index (χ3n) is 4.32. The Morgan fingerprint density at radius 1 is 1.16 bits per heavy atom. The summed E-state index contributed by atoms with van der Waals surface area (Å²) in [6.45, 7) is 5.47. The van der Waals surface area contributed by atoms with Gasteiger partial charge in [0.25, 0.3) is 0 Å². The minimum atomic E-state index is 0.328. The lowest BCUT2D eigenvalue weighted by Gasteiger charge is -2.35. The third-order valence-corrected chi connectivity index (χ3v) is 4.32. The Morgan fingerprint density at radius 2 is 1.95 bits per heavy atom. The van der Waals surface area contributed by atoms with Crippen molar-refractivity contribution in [3.8, 4) is 0 Å². The summed E-state index contributed by atoms with van der Waals surface area (Å²) in [5.74, 6) is 0.660. The minimum Gasteiger partial charge on any atom is -0.326 e. The van der Waals surface area contributed by atoms with Gasteiger partial charge in [-0.3, -0.25) is 4.90 Å². The number of piperidine rings is 1. The molecule has 19 heavy (non-hydrogen) atoms. The summed E-state index contributed by atoms with van der Waals surface area (Å²) in [5.41, 5.74) is 7.56. The molecule has 1 aliphatic rings. The molecule has 0 saturated carbocycles. The molecule has 0 aromatic heterocycles. The maximum absolute atomic E-state index is 6.17. The first-order chi connectivity index (χ1) is 9.22. The highest BCUT2D eigenvalue weighted by atomic mass is 15.1. The predicted molar refractivity (Wildman–Crippen MR) is 81.0 cm³/mol. The van der Waals surface area contributed by atoms with Crippen LogP contribution < -0.4 is 5.73 Å². The van der Waals surface area contributed by atoms with Crippen molar-refractivity contribution in [1.82, 2.24) is 4.90 Å². The molecule has 1 saturated heterocycles. The second-order valence-corrected chi connectivity index (χ2v) is 5.85. The van der Waals surface area contributed by atoms with Crippen molar-refractivity contribution >= 4 is 10.8 Å². The van der Waals surface area contributed by atoms with Crippen molar-refractivity contribution in [2.24, 2.45) is 11.7 Å². The monoisotopic (exact) mass is 254 g/mol. The molecule has 0 spiro atoms. The fraction of sp³-hybridized carbons (Fsp3) is 0.412. The van der Waals surface area contributed by atoms with Crippen molar-refractivity contribution < 1.29 is 0 Å². The highest BCUT2D eigenvalue weighted by Gasteiger charge is 2.22. The van der Waals surface area contributed by atoms with Crippen molar-refractivity contribution in [3.05, 3.63) is 48.0 Å². The molecule has 0 bridgehead atoms. The van der Waals surface area contributed by atoms with Gasteiger partial charge in [0.15, 0.2) is 0 Å². The molecule has 2 heteroatoms. The Morgan fingerprint density at radius 3 is 2.74 bits per heavy atom. The minimum absolute atomic E-state index is 0.328. The lowest BCUT2D eigenvalue weighted by molar-refractivity contribution is 0.162. The number of rotatable bonds is 2. The normalized spacial score (nSPS) is 24.7. The lowest BCUT2D eigenvalue weighted by atomic mass is 9.94. The van der Waals surface area contributed by atoms with Gasteiger partial charge in [-0.05, 0) is 41.3 Å². The van der Waals surface area contributed by atoms with E-state index in [0.717, 1.165) is 13.1 Å². The smallest absolute Gasteiger partial charge is 0.0234 e. The molecule has 0 radical (unpaired) electrons. The molecule has 2 unspecified atom stereocenters. The van der Waals surface area contributed by atoms with Crippen molar-refractivity contribution in [1.29, 1.82) is 0 Å². The molecule has 1 heterocycles. The molecular formula is C17H22N2. The summed E-state index contributed by atoms with van der Waals surface area (Å²) in [6.07, 6.45) is 1.22. The highest BCUT2D eigenvalue weighted by Crippen LogP contribution is 2.20. The first-order valence-electron chi connectivity index (χ1n) is 7.18. The molecule has 0 aliphatic carbocycles. The molecule has 100 valence electrons. The quantitative estimate of drug-likeness (QED) is 0.892. The van der Waals surface area contributed by atoms with Crippen LogP contribution in [0.4, 0.5) is 0 Å². The summed E-state index contributed by atoms with van der Waals surface area (Å²) in [6, 6.07) is 15.6. The lowest BCUT2D eigenvalue weighted by Crippen LogP contribution is -2.47. The van der Waals surface area contributed by atoms with Gasteiger partial charge >= 0.3 is 0 Å². The van der Waals surface area contributed by atoms with E-state index < -0.39 is 0 Å². The molecule has 1 fully saturated rings.